The lowest BCUT2D eigenvalue weighted by Crippen LogP contribution is -2.44. The molecule has 1 fully saturated rings. The average molecular weight is 269 g/mol. The largest absolute Gasteiger partial charge is 0.480 e. The zero-order valence-corrected chi connectivity index (χ0v) is 10.2. The number of amides is 1. The lowest BCUT2D eigenvalue weighted by molar-refractivity contribution is -0.142. The van der Waals surface area contributed by atoms with Crippen LogP contribution >= 0.6 is 0 Å². The van der Waals surface area contributed by atoms with Gasteiger partial charge < -0.3 is 20.7 Å². The molecule has 0 aromatic rings. The molecule has 0 unspecified atom stereocenters. The standard InChI is InChI=1S/C11H15N3O5/c12-13-5-8(15)1-2-9(11(17)18)14-10(16)7-3-4-19-6-7/h5,7,9H,1-4,6H2,(H,14,16)(H,17,18)/t7-,9-/m0/s1. The molecule has 8 heteroatoms. The van der Waals surface area contributed by atoms with E-state index in [2.05, 4.69) is 10.1 Å². The quantitative estimate of drug-likeness (QED) is 0.356. The fourth-order valence-electron chi connectivity index (χ4n) is 1.70. The number of ether oxygens (including phenoxy) is 1. The topological polar surface area (TPSA) is 129 Å². The van der Waals surface area contributed by atoms with Crippen molar-refractivity contribution in [1.29, 1.82) is 0 Å². The van der Waals surface area contributed by atoms with Crippen molar-refractivity contribution in [1.82, 2.24) is 5.32 Å². The Morgan fingerprint density at radius 2 is 2.26 bits per heavy atom. The minimum absolute atomic E-state index is 0.0560. The van der Waals surface area contributed by atoms with Crippen molar-refractivity contribution < 1.29 is 29.0 Å². The summed E-state index contributed by atoms with van der Waals surface area (Å²) in [5.74, 6) is -2.43. The third-order valence-corrected chi connectivity index (χ3v) is 2.80. The van der Waals surface area contributed by atoms with E-state index >= 15 is 0 Å². The first-order valence-electron chi connectivity index (χ1n) is 5.85. The van der Waals surface area contributed by atoms with Crippen molar-refractivity contribution >= 4 is 23.9 Å². The molecule has 0 spiro atoms. The van der Waals surface area contributed by atoms with Crippen LogP contribution in [0.15, 0.2) is 0 Å². The molecule has 2 N–H and O–H groups in total. The lowest BCUT2D eigenvalue weighted by atomic mass is 10.1. The van der Waals surface area contributed by atoms with Gasteiger partial charge in [0.2, 0.25) is 11.7 Å². The van der Waals surface area contributed by atoms with Crippen LogP contribution in [0.3, 0.4) is 0 Å². The Morgan fingerprint density at radius 3 is 2.79 bits per heavy atom. The molecule has 0 saturated carbocycles. The summed E-state index contributed by atoms with van der Waals surface area (Å²) in [5.41, 5.74) is 8.15. The van der Waals surface area contributed by atoms with E-state index in [0.717, 1.165) is 0 Å². The molecular weight excluding hydrogens is 254 g/mol. The zero-order valence-electron chi connectivity index (χ0n) is 10.2. The van der Waals surface area contributed by atoms with Crippen molar-refractivity contribution in [3.05, 3.63) is 5.53 Å². The Kier molecular flexibility index (Phi) is 5.84. The SMILES string of the molecule is [N-]=[N+]=CC(=O)CC[C@H](NC(=O)[C@H]1CCOC1)C(=O)O. The molecule has 1 aliphatic heterocycles. The van der Waals surface area contributed by atoms with Gasteiger partial charge >= 0.3 is 12.2 Å². The van der Waals surface area contributed by atoms with Gasteiger partial charge in [0.15, 0.2) is 0 Å². The van der Waals surface area contributed by atoms with Crippen molar-refractivity contribution in [2.75, 3.05) is 13.2 Å². The summed E-state index contributed by atoms with van der Waals surface area (Å²) in [5, 5.41) is 11.3. The van der Waals surface area contributed by atoms with Gasteiger partial charge in [-0.1, -0.05) is 0 Å². The molecule has 1 heterocycles. The molecule has 8 nitrogen and oxygen atoms in total. The summed E-state index contributed by atoms with van der Waals surface area (Å²) in [7, 11) is 0. The number of carbonyl (C=O) groups excluding carboxylic acids is 2. The van der Waals surface area contributed by atoms with Crippen molar-refractivity contribution in [3.8, 4) is 0 Å². The molecule has 0 bridgehead atoms. The van der Waals surface area contributed by atoms with E-state index in [1.54, 1.807) is 0 Å². The predicted octanol–water partition coefficient (Wildman–Crippen LogP) is -0.758. The maximum Gasteiger partial charge on any atom is 0.326 e. The highest BCUT2D eigenvalue weighted by Crippen LogP contribution is 2.13. The highest BCUT2D eigenvalue weighted by molar-refractivity contribution is 6.25. The minimum Gasteiger partial charge on any atom is -0.480 e. The van der Waals surface area contributed by atoms with Gasteiger partial charge in [-0.25, -0.2) is 4.79 Å². The predicted molar refractivity (Wildman–Crippen MR) is 62.4 cm³/mol. The monoisotopic (exact) mass is 269 g/mol. The summed E-state index contributed by atoms with van der Waals surface area (Å²) in [6.07, 6.45) is 1.09. The van der Waals surface area contributed by atoms with Gasteiger partial charge in [-0.15, -0.1) is 0 Å². The van der Waals surface area contributed by atoms with Crippen LogP contribution < -0.4 is 5.32 Å². The van der Waals surface area contributed by atoms with Gasteiger partial charge in [0.1, 0.15) is 6.04 Å². The van der Waals surface area contributed by atoms with Crippen LogP contribution in [-0.4, -0.2) is 53.0 Å². The van der Waals surface area contributed by atoms with Crippen LogP contribution in [0, 0.1) is 5.92 Å². The number of ketones is 1. The Hall–Kier alpha value is -2.05. The molecule has 1 rings (SSSR count). The maximum atomic E-state index is 11.7. The number of Topliss-reactive ketones (excluding diaryl/α,β-unsaturated/α-hetero) is 1. The number of carbonyl (C=O) groups is 3. The van der Waals surface area contributed by atoms with Gasteiger partial charge in [-0.2, -0.15) is 4.79 Å². The Balaban J connectivity index is 2.48. The normalized spacial score (nSPS) is 19.3. The van der Waals surface area contributed by atoms with E-state index in [4.69, 9.17) is 15.4 Å². The number of hydrogen-bond donors (Lipinski definition) is 2. The maximum absolute atomic E-state index is 11.7. The Morgan fingerprint density at radius 1 is 1.53 bits per heavy atom. The first-order valence-corrected chi connectivity index (χ1v) is 5.85. The van der Waals surface area contributed by atoms with Gasteiger partial charge in [0, 0.05) is 13.0 Å². The van der Waals surface area contributed by atoms with E-state index in [-0.39, 0.29) is 31.3 Å². The zero-order chi connectivity index (χ0) is 14.3. The van der Waals surface area contributed by atoms with Gasteiger partial charge in [-0.3, -0.25) is 9.59 Å². The third-order valence-electron chi connectivity index (χ3n) is 2.80. The molecule has 1 aliphatic rings. The number of aliphatic carboxylic acids is 1. The lowest BCUT2D eigenvalue weighted by Gasteiger charge is -2.15. The first-order chi connectivity index (χ1) is 9.04. The summed E-state index contributed by atoms with van der Waals surface area (Å²) in [6, 6.07) is -1.14. The van der Waals surface area contributed by atoms with Gasteiger partial charge in [0.25, 0.3) is 0 Å². The third kappa shape index (κ3) is 4.99. The smallest absolute Gasteiger partial charge is 0.326 e. The fourth-order valence-corrected chi connectivity index (χ4v) is 1.70. The van der Waals surface area contributed by atoms with E-state index in [1.807, 2.05) is 0 Å². The summed E-state index contributed by atoms with van der Waals surface area (Å²) in [4.78, 5) is 36.3. The van der Waals surface area contributed by atoms with E-state index in [0.29, 0.717) is 19.2 Å². The number of rotatable bonds is 7. The number of carboxylic acids is 1. The second-order valence-electron chi connectivity index (χ2n) is 4.21. The molecule has 1 amide bonds. The van der Waals surface area contributed by atoms with Crippen molar-refractivity contribution in [2.45, 2.75) is 25.3 Å². The van der Waals surface area contributed by atoms with Crippen LogP contribution in [0.25, 0.3) is 5.53 Å². The van der Waals surface area contributed by atoms with Crippen LogP contribution in [0.1, 0.15) is 19.3 Å². The van der Waals surface area contributed by atoms with E-state index in [1.165, 1.54) is 0 Å². The number of carboxylic acid groups (broad SMARTS) is 1. The Bertz CT molecular complexity index is 411. The fraction of sp³-hybridized carbons (Fsp3) is 0.636. The molecular formula is C11H15N3O5. The summed E-state index contributed by atoms with van der Waals surface area (Å²) < 4.78 is 5.04. The molecule has 104 valence electrons. The second kappa shape index (κ2) is 7.40. The highest BCUT2D eigenvalue weighted by Gasteiger charge is 2.28. The first kappa shape index (κ1) is 15.0. The molecule has 0 aromatic heterocycles. The molecule has 1 saturated heterocycles. The Labute approximate surface area is 109 Å². The number of nitrogens with zero attached hydrogens (tertiary/aromatic N) is 2. The number of hydrogen-bond acceptors (Lipinski definition) is 4. The van der Waals surface area contributed by atoms with Gasteiger partial charge in [-0.05, 0) is 12.8 Å². The summed E-state index contributed by atoms with van der Waals surface area (Å²) >= 11 is 0. The van der Waals surface area contributed by atoms with Crippen molar-refractivity contribution in [2.24, 2.45) is 5.92 Å². The number of nitrogens with one attached hydrogen (secondary N) is 1. The van der Waals surface area contributed by atoms with E-state index < -0.39 is 17.8 Å². The van der Waals surface area contributed by atoms with Gasteiger partial charge in [0.05, 0.1) is 12.5 Å². The van der Waals surface area contributed by atoms with Crippen LogP contribution in [0.2, 0.25) is 0 Å². The molecule has 0 radical (unpaired) electrons. The minimum atomic E-state index is -1.21. The molecule has 2 atom stereocenters. The van der Waals surface area contributed by atoms with E-state index in [9.17, 15) is 14.4 Å². The van der Waals surface area contributed by atoms with Crippen LogP contribution in [0.4, 0.5) is 0 Å². The second-order valence-corrected chi connectivity index (χ2v) is 4.21. The highest BCUT2D eigenvalue weighted by atomic mass is 16.5. The van der Waals surface area contributed by atoms with Crippen LogP contribution in [0.5, 0.6) is 0 Å². The molecule has 0 aromatic carbocycles. The van der Waals surface area contributed by atoms with Crippen LogP contribution in [-0.2, 0) is 19.1 Å². The molecule has 19 heavy (non-hydrogen) atoms. The summed E-state index contributed by atoms with van der Waals surface area (Å²) in [6.45, 7) is 0.773. The average Bonchev–Trinajstić information content (AvgIpc) is 2.88. The van der Waals surface area contributed by atoms with Crippen molar-refractivity contribution in [3.63, 3.8) is 0 Å². The molecule has 0 aliphatic carbocycles.